The molecular formula is C25H24N8O7S2. The Morgan fingerprint density at radius 1 is 1.21 bits per heavy atom. The molecule has 1 fully saturated rings. The number of nitrogens with one attached hydrogen (secondary N) is 2. The molecule has 218 valence electrons. The fourth-order valence-corrected chi connectivity index (χ4v) is 6.86. The number of carbonyl (C=O) groups is 5. The molecule has 17 heteroatoms. The number of phenolic OH excluding ortho intramolecular Hbond substituents is 1. The molecule has 3 aliphatic heterocycles. The Balaban J connectivity index is 1.32. The lowest BCUT2D eigenvalue weighted by molar-refractivity contribution is -0.151. The third-order valence-corrected chi connectivity index (χ3v) is 9.08. The van der Waals surface area contributed by atoms with E-state index < -0.39 is 52.8 Å². The van der Waals surface area contributed by atoms with Crippen LogP contribution in [0.2, 0.25) is 0 Å². The lowest BCUT2D eigenvalue weighted by Gasteiger charge is -2.49. The van der Waals surface area contributed by atoms with Crippen LogP contribution >= 0.6 is 23.5 Å². The van der Waals surface area contributed by atoms with E-state index in [0.717, 1.165) is 4.90 Å². The molecule has 3 aliphatic rings. The molecule has 42 heavy (non-hydrogen) atoms. The van der Waals surface area contributed by atoms with Gasteiger partial charge in [0.05, 0.1) is 0 Å². The van der Waals surface area contributed by atoms with Crippen molar-refractivity contribution >= 4 is 59.2 Å². The first-order valence-corrected chi connectivity index (χ1v) is 14.5. The van der Waals surface area contributed by atoms with Crippen LogP contribution in [0.5, 0.6) is 5.75 Å². The van der Waals surface area contributed by atoms with Crippen LogP contribution in [0.4, 0.5) is 0 Å². The fourth-order valence-electron chi connectivity index (χ4n) is 4.52. The first-order valence-electron chi connectivity index (χ1n) is 12.5. The number of amides is 3. The number of allylic oxidation sites excluding steroid dienone is 2. The van der Waals surface area contributed by atoms with E-state index in [0.29, 0.717) is 16.4 Å². The summed E-state index contributed by atoms with van der Waals surface area (Å²) in [7, 11) is 1.65. The molecule has 1 saturated heterocycles. The average molecular weight is 613 g/mol. The summed E-state index contributed by atoms with van der Waals surface area (Å²) in [6.07, 6.45) is 2.42. The third-order valence-electron chi connectivity index (χ3n) is 6.65. The summed E-state index contributed by atoms with van der Waals surface area (Å²) in [5.74, 6) is -4.70. The van der Waals surface area contributed by atoms with Crippen molar-refractivity contribution in [3.63, 3.8) is 0 Å². The number of fused-ring (bicyclic) bond motifs is 1. The summed E-state index contributed by atoms with van der Waals surface area (Å²) < 4.78 is 1.45. The van der Waals surface area contributed by atoms with E-state index in [9.17, 15) is 34.2 Å². The monoisotopic (exact) mass is 612 g/mol. The van der Waals surface area contributed by atoms with Crippen molar-refractivity contribution in [1.29, 1.82) is 0 Å². The number of aromatic hydroxyl groups is 1. The van der Waals surface area contributed by atoms with Crippen molar-refractivity contribution < 1.29 is 34.2 Å². The van der Waals surface area contributed by atoms with Gasteiger partial charge in [-0.3, -0.25) is 29.1 Å². The standard InChI is InChI=1S/C25H24N8O7S2/c1-11-7-16(35)15(8-26-11)20(36)27-17(12-3-5-14(34)6-4-12)21(37)28-18-22(38)33-19(24(39)40)13(9-41-23(18)33)10-42-25-29-30-31-32(25)2/h3-8,15,17-18,23,34H,9-10H2,1-2H3,(H,27,36)(H,28,37)(H,39,40). The molecule has 0 saturated carbocycles. The molecule has 0 bridgehead atoms. The Hall–Kier alpha value is -4.51. The lowest BCUT2D eigenvalue weighted by atomic mass is 9.98. The number of ketones is 1. The number of benzene rings is 1. The molecule has 4 unspecified atom stereocenters. The SMILES string of the molecule is CC1=CC(=O)C(C(=O)NC(C(=O)NC2C(=O)N3C(C(=O)O)=C(CSc4nnnn4C)CSC23)c2ccc(O)cc2)C=N1. The van der Waals surface area contributed by atoms with Crippen molar-refractivity contribution in [2.45, 2.75) is 29.5 Å². The second-order valence-electron chi connectivity index (χ2n) is 9.50. The summed E-state index contributed by atoms with van der Waals surface area (Å²) in [5, 5.41) is 35.8. The number of β-lactam (4-membered cyclic amide) rings is 1. The van der Waals surface area contributed by atoms with Crippen molar-refractivity contribution in [3.8, 4) is 5.75 Å². The van der Waals surface area contributed by atoms with Gasteiger partial charge in [-0.15, -0.1) is 16.9 Å². The summed E-state index contributed by atoms with van der Waals surface area (Å²) in [6, 6.07) is 3.11. The van der Waals surface area contributed by atoms with Crippen LogP contribution in [0.3, 0.4) is 0 Å². The minimum absolute atomic E-state index is 0.0692. The zero-order valence-corrected chi connectivity index (χ0v) is 23.8. The highest BCUT2D eigenvalue weighted by molar-refractivity contribution is 8.01. The van der Waals surface area contributed by atoms with Gasteiger partial charge in [0.25, 0.3) is 5.91 Å². The van der Waals surface area contributed by atoms with Crippen LogP contribution in [-0.4, -0.2) is 93.9 Å². The highest BCUT2D eigenvalue weighted by atomic mass is 32.2. The smallest absolute Gasteiger partial charge is 0.352 e. The Labute approximate surface area is 246 Å². The van der Waals surface area contributed by atoms with E-state index in [1.165, 1.54) is 64.8 Å². The molecule has 1 aromatic carbocycles. The van der Waals surface area contributed by atoms with E-state index in [-0.39, 0.29) is 28.5 Å². The molecule has 0 aliphatic carbocycles. The predicted octanol–water partition coefficient (Wildman–Crippen LogP) is -0.223. The Morgan fingerprint density at radius 3 is 2.60 bits per heavy atom. The first-order chi connectivity index (χ1) is 20.0. The van der Waals surface area contributed by atoms with Crippen LogP contribution in [0.25, 0.3) is 0 Å². The van der Waals surface area contributed by atoms with Gasteiger partial charge in [0.15, 0.2) is 5.78 Å². The quantitative estimate of drug-likeness (QED) is 0.165. The van der Waals surface area contributed by atoms with E-state index in [1.54, 1.807) is 14.0 Å². The van der Waals surface area contributed by atoms with Crippen LogP contribution in [0.1, 0.15) is 18.5 Å². The molecule has 5 rings (SSSR count). The Kier molecular flexibility index (Phi) is 8.13. The number of nitrogens with zero attached hydrogens (tertiary/aromatic N) is 6. The fraction of sp³-hybridized carbons (Fsp3) is 0.320. The van der Waals surface area contributed by atoms with Gasteiger partial charge in [0.2, 0.25) is 17.0 Å². The molecular weight excluding hydrogens is 588 g/mol. The number of hydrogen-bond acceptors (Lipinski definition) is 12. The maximum atomic E-state index is 13.5. The largest absolute Gasteiger partial charge is 0.508 e. The zero-order valence-electron chi connectivity index (χ0n) is 22.1. The summed E-state index contributed by atoms with van der Waals surface area (Å²) in [4.78, 5) is 69.4. The number of carbonyl (C=O) groups excluding carboxylic acids is 4. The van der Waals surface area contributed by atoms with Crippen molar-refractivity contribution in [2.75, 3.05) is 11.5 Å². The zero-order chi connectivity index (χ0) is 30.1. The third kappa shape index (κ3) is 5.64. The van der Waals surface area contributed by atoms with E-state index in [1.807, 2.05) is 0 Å². The molecule has 3 amide bonds. The van der Waals surface area contributed by atoms with Crippen LogP contribution in [0.15, 0.2) is 57.5 Å². The molecule has 1 aromatic heterocycles. The van der Waals surface area contributed by atoms with E-state index >= 15 is 0 Å². The van der Waals surface area contributed by atoms with Crippen LogP contribution < -0.4 is 10.6 Å². The number of aryl methyl sites for hydroxylation is 1. The Bertz CT molecular complexity index is 1570. The highest BCUT2D eigenvalue weighted by Crippen LogP contribution is 2.41. The predicted molar refractivity (Wildman–Crippen MR) is 149 cm³/mol. The minimum atomic E-state index is -1.33. The van der Waals surface area contributed by atoms with Crippen molar-refractivity contribution in [3.05, 3.63) is 52.9 Å². The second-order valence-corrected chi connectivity index (χ2v) is 11.6. The number of carboxylic acids is 1. The minimum Gasteiger partial charge on any atom is -0.508 e. The van der Waals surface area contributed by atoms with Crippen molar-refractivity contribution in [2.24, 2.45) is 18.0 Å². The van der Waals surface area contributed by atoms with Crippen molar-refractivity contribution in [1.82, 2.24) is 35.7 Å². The number of aliphatic imine (C=N–C) groups is 1. The molecule has 15 nitrogen and oxygen atoms in total. The highest BCUT2D eigenvalue weighted by Gasteiger charge is 2.54. The first kappa shape index (κ1) is 29.0. The number of rotatable bonds is 9. The topological polar surface area (TPSA) is 209 Å². The van der Waals surface area contributed by atoms with Gasteiger partial charge >= 0.3 is 5.97 Å². The molecule has 0 spiro atoms. The maximum absolute atomic E-state index is 13.5. The van der Waals surface area contributed by atoms with Gasteiger partial charge in [-0.2, -0.15) is 0 Å². The number of phenols is 1. The number of aliphatic carboxylic acids is 1. The summed E-state index contributed by atoms with van der Waals surface area (Å²) in [5.41, 5.74) is 1.08. The van der Waals surface area contributed by atoms with E-state index in [4.69, 9.17) is 0 Å². The lowest BCUT2D eigenvalue weighted by Crippen LogP contribution is -2.71. The van der Waals surface area contributed by atoms with Gasteiger partial charge in [0.1, 0.15) is 34.8 Å². The van der Waals surface area contributed by atoms with Crippen LogP contribution in [-0.2, 0) is 31.0 Å². The van der Waals surface area contributed by atoms with E-state index in [2.05, 4.69) is 31.2 Å². The molecule has 0 radical (unpaired) electrons. The van der Waals surface area contributed by atoms with Gasteiger partial charge in [-0.1, -0.05) is 23.9 Å². The number of thioether (sulfide) groups is 2. The van der Waals surface area contributed by atoms with Crippen LogP contribution in [0, 0.1) is 5.92 Å². The molecule has 4 heterocycles. The molecule has 2 aromatic rings. The normalized spacial score (nSPS) is 22.2. The summed E-state index contributed by atoms with van der Waals surface area (Å²) in [6.45, 7) is 1.61. The second kappa shape index (κ2) is 11.8. The number of carboxylic acid groups (broad SMARTS) is 1. The average Bonchev–Trinajstić information content (AvgIpc) is 3.37. The summed E-state index contributed by atoms with van der Waals surface area (Å²) >= 11 is 2.52. The Morgan fingerprint density at radius 2 is 1.95 bits per heavy atom. The van der Waals surface area contributed by atoms with Gasteiger partial charge < -0.3 is 20.8 Å². The number of hydrogen-bond donors (Lipinski definition) is 4. The number of tetrazole rings is 1. The van der Waals surface area contributed by atoms with Gasteiger partial charge in [-0.05, 0) is 40.6 Å². The van der Waals surface area contributed by atoms with Gasteiger partial charge in [0, 0.05) is 36.5 Å². The molecule has 4 atom stereocenters. The molecule has 4 N–H and O–H groups in total. The number of aromatic nitrogens is 4. The maximum Gasteiger partial charge on any atom is 0.352 e. The van der Waals surface area contributed by atoms with Gasteiger partial charge in [-0.25, -0.2) is 9.48 Å².